The summed E-state index contributed by atoms with van der Waals surface area (Å²) in [6, 6.07) is 4.80. The molecule has 7 nitrogen and oxygen atoms in total. The van der Waals surface area contributed by atoms with Gasteiger partial charge in [0.15, 0.2) is 0 Å². The second-order valence-electron chi connectivity index (χ2n) is 4.01. The highest BCUT2D eigenvalue weighted by Gasteiger charge is 2.12. The van der Waals surface area contributed by atoms with E-state index < -0.39 is 6.03 Å². The molecule has 1 aromatic carbocycles. The summed E-state index contributed by atoms with van der Waals surface area (Å²) < 4.78 is 0. The van der Waals surface area contributed by atoms with Crippen molar-refractivity contribution in [1.29, 1.82) is 0 Å². The number of hydrogen-bond donors (Lipinski definition) is 3. The van der Waals surface area contributed by atoms with Gasteiger partial charge in [0.1, 0.15) is 0 Å². The largest absolute Gasteiger partial charge is 0.345 e. The maximum Gasteiger partial charge on any atom is 0.328 e. The van der Waals surface area contributed by atoms with Crippen LogP contribution in [0, 0.1) is 0 Å². The zero-order valence-corrected chi connectivity index (χ0v) is 10.3. The van der Waals surface area contributed by atoms with E-state index in [0.717, 1.165) is 15.9 Å². The smallest absolute Gasteiger partial charge is 0.328 e. The summed E-state index contributed by atoms with van der Waals surface area (Å²) in [5, 5.41) is 2.65. The van der Waals surface area contributed by atoms with Gasteiger partial charge in [-0.1, -0.05) is 0 Å². The molecule has 3 amide bonds. The number of aromatic amines is 1. The van der Waals surface area contributed by atoms with Crippen LogP contribution < -0.4 is 11.1 Å². The van der Waals surface area contributed by atoms with E-state index in [-0.39, 0.29) is 0 Å². The van der Waals surface area contributed by atoms with Gasteiger partial charge in [0.25, 0.3) is 0 Å². The van der Waals surface area contributed by atoms with Crippen molar-refractivity contribution in [2.75, 3.05) is 18.4 Å². The molecule has 0 saturated carbocycles. The van der Waals surface area contributed by atoms with Gasteiger partial charge in [-0.05, 0) is 31.2 Å². The molecule has 2 aromatic rings. The van der Waals surface area contributed by atoms with E-state index in [2.05, 4.69) is 15.3 Å². The zero-order valence-electron chi connectivity index (χ0n) is 10.3. The van der Waals surface area contributed by atoms with Crippen molar-refractivity contribution in [2.24, 2.45) is 5.73 Å². The van der Waals surface area contributed by atoms with Crippen LogP contribution in [-0.2, 0) is 4.79 Å². The van der Waals surface area contributed by atoms with Crippen molar-refractivity contribution in [3.8, 4) is 0 Å². The fourth-order valence-corrected chi connectivity index (χ4v) is 1.67. The van der Waals surface area contributed by atoms with E-state index in [1.807, 2.05) is 0 Å². The van der Waals surface area contributed by atoms with Gasteiger partial charge in [0.05, 0.1) is 17.4 Å². The van der Waals surface area contributed by atoms with E-state index in [1.54, 1.807) is 24.5 Å². The predicted octanol–water partition coefficient (Wildman–Crippen LogP) is 0.902. The van der Waals surface area contributed by atoms with E-state index in [4.69, 9.17) is 5.73 Å². The minimum absolute atomic E-state index is 0.304. The minimum Gasteiger partial charge on any atom is -0.345 e. The van der Waals surface area contributed by atoms with Gasteiger partial charge in [-0.3, -0.25) is 9.69 Å². The van der Waals surface area contributed by atoms with Crippen molar-refractivity contribution in [3.05, 3.63) is 24.5 Å². The van der Waals surface area contributed by atoms with E-state index in [0.29, 0.717) is 31.6 Å². The highest BCUT2D eigenvalue weighted by molar-refractivity contribution is 5.96. The normalized spacial score (nSPS) is 10.4. The molecule has 2 rings (SSSR count). The third-order valence-corrected chi connectivity index (χ3v) is 2.66. The average molecular weight is 261 g/mol. The molecule has 0 bridgehead atoms. The number of imidazole rings is 1. The number of amides is 3. The molecule has 0 fully saturated rings. The molecule has 100 valence electrons. The number of anilines is 1. The van der Waals surface area contributed by atoms with Gasteiger partial charge < -0.3 is 16.0 Å². The monoisotopic (exact) mass is 261 g/mol. The Bertz CT molecular complexity index is 580. The number of H-pyrrole nitrogens is 1. The summed E-state index contributed by atoms with van der Waals surface area (Å²) in [7, 11) is 0. The molecule has 4 N–H and O–H groups in total. The number of fused-ring (bicyclic) bond motifs is 1. The predicted molar refractivity (Wildman–Crippen MR) is 71.6 cm³/mol. The first-order valence-electron chi connectivity index (χ1n) is 5.90. The lowest BCUT2D eigenvalue weighted by molar-refractivity contribution is -0.115. The molecule has 0 aliphatic heterocycles. The molecular formula is C12H15N5O2. The van der Waals surface area contributed by atoms with E-state index >= 15 is 0 Å². The quantitative estimate of drug-likeness (QED) is 0.695. The Morgan fingerprint density at radius 1 is 1.53 bits per heavy atom. The lowest BCUT2D eigenvalue weighted by Gasteiger charge is -2.15. The highest BCUT2D eigenvalue weighted by Crippen LogP contribution is 2.15. The molecule has 7 heteroatoms. The van der Waals surface area contributed by atoms with Gasteiger partial charge in [0, 0.05) is 12.2 Å². The summed E-state index contributed by atoms with van der Waals surface area (Å²) in [5.41, 5.74) is 7.58. The molecule has 0 atom stereocenters. The first-order valence-corrected chi connectivity index (χ1v) is 5.90. The molecule has 1 aromatic heterocycles. The Kier molecular flexibility index (Phi) is 4.09. The van der Waals surface area contributed by atoms with Crippen LogP contribution in [0.15, 0.2) is 24.5 Å². The van der Waals surface area contributed by atoms with Crippen LogP contribution in [0.1, 0.15) is 6.42 Å². The number of imide groups is 1. The number of carbonyl (C=O) groups is 2. The molecule has 0 spiro atoms. The topological polar surface area (TPSA) is 104 Å². The fraction of sp³-hybridized carbons (Fsp3) is 0.250. The number of hydrogen-bond acceptors (Lipinski definition) is 4. The molecule has 0 radical (unpaired) electrons. The first-order chi connectivity index (χ1) is 9.24. The van der Waals surface area contributed by atoms with Gasteiger partial charge in [-0.2, -0.15) is 0 Å². The van der Waals surface area contributed by atoms with Gasteiger partial charge >= 0.3 is 6.03 Å². The van der Waals surface area contributed by atoms with Gasteiger partial charge in [-0.25, -0.2) is 9.78 Å². The number of benzene rings is 1. The minimum atomic E-state index is -0.470. The Morgan fingerprint density at radius 2 is 2.37 bits per heavy atom. The molecule has 1 heterocycles. The summed E-state index contributed by atoms with van der Waals surface area (Å²) in [5.74, 6) is 0. The van der Waals surface area contributed by atoms with Crippen molar-refractivity contribution in [2.45, 2.75) is 6.42 Å². The lowest BCUT2D eigenvalue weighted by atomic mass is 10.3. The molecule has 19 heavy (non-hydrogen) atoms. The molecule has 0 aliphatic carbocycles. The van der Waals surface area contributed by atoms with Crippen molar-refractivity contribution >= 4 is 29.2 Å². The Balaban J connectivity index is 2.06. The number of nitrogens with two attached hydrogens (primary N) is 1. The third kappa shape index (κ3) is 3.08. The number of aromatic nitrogens is 2. The van der Waals surface area contributed by atoms with Crippen LogP contribution in [-0.4, -0.2) is 40.4 Å². The number of rotatable bonds is 5. The molecule has 0 saturated heterocycles. The third-order valence-electron chi connectivity index (χ3n) is 2.66. The average Bonchev–Trinajstić information content (AvgIpc) is 2.87. The standard InChI is InChI=1S/C12H15N5O2/c13-4-1-5-17(8-18)12(19)16-9-2-3-10-11(6-9)15-7-14-10/h2-3,6-8H,1,4-5,13H2,(H,14,15)(H,16,19). The van der Waals surface area contributed by atoms with Crippen molar-refractivity contribution < 1.29 is 9.59 Å². The Hall–Kier alpha value is -2.41. The number of carbonyl (C=O) groups excluding carboxylic acids is 2. The van der Waals surface area contributed by atoms with Crippen LogP contribution in [0.2, 0.25) is 0 Å². The lowest BCUT2D eigenvalue weighted by Crippen LogP contribution is -2.35. The number of nitrogens with one attached hydrogen (secondary N) is 2. The van der Waals surface area contributed by atoms with E-state index in [1.165, 1.54) is 0 Å². The number of nitrogens with zero attached hydrogens (tertiary/aromatic N) is 2. The number of urea groups is 1. The van der Waals surface area contributed by atoms with Crippen LogP contribution in [0.25, 0.3) is 11.0 Å². The second kappa shape index (κ2) is 5.96. The Labute approximate surface area is 109 Å². The summed E-state index contributed by atoms with van der Waals surface area (Å²) in [6.07, 6.45) is 2.65. The maximum absolute atomic E-state index is 11.8. The van der Waals surface area contributed by atoms with Crippen LogP contribution >= 0.6 is 0 Å². The maximum atomic E-state index is 11.8. The zero-order chi connectivity index (χ0) is 13.7. The Morgan fingerprint density at radius 3 is 3.11 bits per heavy atom. The SMILES string of the molecule is NCCCN(C=O)C(=O)Nc1ccc2nc[nH]c2c1. The molecular weight excluding hydrogens is 246 g/mol. The van der Waals surface area contributed by atoms with Crippen LogP contribution in [0.4, 0.5) is 10.5 Å². The second-order valence-corrected chi connectivity index (χ2v) is 4.01. The van der Waals surface area contributed by atoms with E-state index in [9.17, 15) is 9.59 Å². The van der Waals surface area contributed by atoms with Crippen LogP contribution in [0.5, 0.6) is 0 Å². The first kappa shape index (κ1) is 13.0. The summed E-state index contributed by atoms with van der Waals surface area (Å²) in [6.45, 7) is 0.732. The molecule has 0 aliphatic rings. The van der Waals surface area contributed by atoms with Crippen molar-refractivity contribution in [3.63, 3.8) is 0 Å². The fourth-order valence-electron chi connectivity index (χ4n) is 1.67. The van der Waals surface area contributed by atoms with Crippen molar-refractivity contribution in [1.82, 2.24) is 14.9 Å². The van der Waals surface area contributed by atoms with Crippen LogP contribution in [0.3, 0.4) is 0 Å². The summed E-state index contributed by atoms with van der Waals surface area (Å²) in [4.78, 5) is 30.8. The van der Waals surface area contributed by atoms with Gasteiger partial charge in [0.2, 0.25) is 6.41 Å². The van der Waals surface area contributed by atoms with Gasteiger partial charge in [-0.15, -0.1) is 0 Å². The summed E-state index contributed by atoms with van der Waals surface area (Å²) >= 11 is 0. The molecule has 0 unspecified atom stereocenters. The highest BCUT2D eigenvalue weighted by atomic mass is 16.2.